The molecule has 1 aliphatic carbocycles. The van der Waals surface area contributed by atoms with E-state index < -0.39 is 25.8 Å². The van der Waals surface area contributed by atoms with Gasteiger partial charge in [-0.1, -0.05) is 81.4 Å². The lowest BCUT2D eigenvalue weighted by Gasteiger charge is -2.45. The second-order valence-electron chi connectivity index (χ2n) is 12.4. The maximum atomic E-state index is 12.7. The predicted molar refractivity (Wildman–Crippen MR) is 144 cm³/mol. The minimum absolute atomic E-state index is 0.170. The summed E-state index contributed by atoms with van der Waals surface area (Å²) in [5.41, 5.74) is -0.584. The van der Waals surface area contributed by atoms with Gasteiger partial charge in [-0.15, -0.1) is 0 Å². The van der Waals surface area contributed by atoms with E-state index in [4.69, 9.17) is 18.6 Å². The molecule has 2 aromatic rings. The van der Waals surface area contributed by atoms with Crippen LogP contribution in [0.1, 0.15) is 61.8 Å². The number of hydrogen-bond acceptors (Lipinski definition) is 5. The van der Waals surface area contributed by atoms with Gasteiger partial charge in [-0.25, -0.2) is 4.79 Å². The Balaban J connectivity index is 1.73. The summed E-state index contributed by atoms with van der Waals surface area (Å²) < 4.78 is 25.7. The SMILES string of the molecule is CC(C)(C)OC(=O)N[C@H]1C[C@@H](O[Si](c2ccccc2)(c2ccccc2)C(C)(C)C)[C@@H]2OC(C)(C)O[C@@H]21. The van der Waals surface area contributed by atoms with Crippen molar-refractivity contribution in [3.8, 4) is 0 Å². The fourth-order valence-electron chi connectivity index (χ4n) is 5.57. The summed E-state index contributed by atoms with van der Waals surface area (Å²) in [6, 6.07) is 20.9. The van der Waals surface area contributed by atoms with E-state index in [0.717, 1.165) is 0 Å². The molecule has 1 aliphatic heterocycles. The van der Waals surface area contributed by atoms with Gasteiger partial charge in [-0.2, -0.15) is 0 Å². The molecule has 2 fully saturated rings. The Hall–Kier alpha value is -2.19. The fraction of sp³-hybridized carbons (Fsp3) is 0.552. The third-order valence-corrected chi connectivity index (χ3v) is 11.9. The Labute approximate surface area is 216 Å². The van der Waals surface area contributed by atoms with Crippen LogP contribution in [0.3, 0.4) is 0 Å². The van der Waals surface area contributed by atoms with E-state index in [1.165, 1.54) is 10.4 Å². The first-order valence-electron chi connectivity index (χ1n) is 12.9. The molecule has 0 unspecified atom stereocenters. The number of alkyl carbamates (subject to hydrolysis) is 1. The largest absolute Gasteiger partial charge is 0.444 e. The first kappa shape index (κ1) is 26.9. The monoisotopic (exact) mass is 511 g/mol. The van der Waals surface area contributed by atoms with E-state index in [1.807, 2.05) is 46.8 Å². The van der Waals surface area contributed by atoms with Crippen molar-refractivity contribution in [2.75, 3.05) is 0 Å². The predicted octanol–water partition coefficient (Wildman–Crippen LogP) is 4.75. The van der Waals surface area contributed by atoms with Crippen molar-refractivity contribution in [1.82, 2.24) is 5.32 Å². The second-order valence-corrected chi connectivity index (χ2v) is 16.6. The number of hydrogen-bond donors (Lipinski definition) is 1. The van der Waals surface area contributed by atoms with Crippen molar-refractivity contribution in [3.05, 3.63) is 60.7 Å². The molecule has 0 aromatic heterocycles. The summed E-state index contributed by atoms with van der Waals surface area (Å²) in [7, 11) is -2.81. The fourth-order valence-corrected chi connectivity index (χ4v) is 10.3. The minimum atomic E-state index is -2.81. The molecule has 4 rings (SSSR count). The van der Waals surface area contributed by atoms with Gasteiger partial charge in [0.15, 0.2) is 5.79 Å². The van der Waals surface area contributed by atoms with Crippen molar-refractivity contribution in [2.24, 2.45) is 0 Å². The molecule has 1 saturated heterocycles. The molecule has 7 heteroatoms. The maximum Gasteiger partial charge on any atom is 0.407 e. The summed E-state index contributed by atoms with van der Waals surface area (Å²) in [4.78, 5) is 12.7. The average molecular weight is 512 g/mol. The van der Waals surface area contributed by atoms with Crippen LogP contribution in [0.25, 0.3) is 0 Å². The molecular weight excluding hydrogens is 470 g/mol. The molecule has 1 N–H and O–H groups in total. The third kappa shape index (κ3) is 5.39. The number of rotatable bonds is 5. The van der Waals surface area contributed by atoms with Gasteiger partial charge in [-0.3, -0.25) is 0 Å². The number of ether oxygens (including phenoxy) is 3. The Kier molecular flexibility index (Phi) is 7.16. The maximum absolute atomic E-state index is 12.7. The number of carbonyl (C=O) groups excluding carboxylic acids is 1. The zero-order valence-corrected chi connectivity index (χ0v) is 23.8. The van der Waals surface area contributed by atoms with E-state index in [0.29, 0.717) is 6.42 Å². The third-order valence-electron chi connectivity index (χ3n) is 6.86. The van der Waals surface area contributed by atoms with Gasteiger partial charge in [0.05, 0.1) is 12.1 Å². The minimum Gasteiger partial charge on any atom is -0.444 e. The van der Waals surface area contributed by atoms with Gasteiger partial charge in [-0.05, 0) is 56.5 Å². The molecule has 1 heterocycles. The first-order valence-corrected chi connectivity index (χ1v) is 14.8. The number of amides is 1. The van der Waals surface area contributed by atoms with E-state index in [1.54, 1.807) is 0 Å². The van der Waals surface area contributed by atoms with Gasteiger partial charge in [0.25, 0.3) is 8.32 Å². The topological polar surface area (TPSA) is 66.0 Å². The smallest absolute Gasteiger partial charge is 0.407 e. The van der Waals surface area contributed by atoms with Crippen LogP contribution >= 0.6 is 0 Å². The Morgan fingerprint density at radius 3 is 1.86 bits per heavy atom. The van der Waals surface area contributed by atoms with Gasteiger partial charge < -0.3 is 24.0 Å². The van der Waals surface area contributed by atoms with Gasteiger partial charge in [0, 0.05) is 0 Å². The highest BCUT2D eigenvalue weighted by atomic mass is 28.4. The molecule has 0 spiro atoms. The molecule has 196 valence electrons. The van der Waals surface area contributed by atoms with E-state index in [9.17, 15) is 4.79 Å². The molecule has 1 saturated carbocycles. The van der Waals surface area contributed by atoms with Crippen molar-refractivity contribution in [2.45, 2.75) is 103 Å². The lowest BCUT2D eigenvalue weighted by atomic mass is 10.2. The molecule has 0 bridgehead atoms. The lowest BCUT2D eigenvalue weighted by molar-refractivity contribution is -0.162. The van der Waals surface area contributed by atoms with Gasteiger partial charge >= 0.3 is 6.09 Å². The van der Waals surface area contributed by atoms with Crippen molar-refractivity contribution in [1.29, 1.82) is 0 Å². The zero-order valence-electron chi connectivity index (χ0n) is 22.8. The van der Waals surface area contributed by atoms with Crippen LogP contribution in [0.4, 0.5) is 4.79 Å². The molecule has 6 nitrogen and oxygen atoms in total. The summed E-state index contributed by atoms with van der Waals surface area (Å²) in [6.45, 7) is 16.2. The molecule has 0 radical (unpaired) electrons. The molecule has 2 aliphatic rings. The van der Waals surface area contributed by atoms with Crippen LogP contribution in [0.2, 0.25) is 5.04 Å². The second kappa shape index (κ2) is 9.60. The van der Waals surface area contributed by atoms with Crippen LogP contribution in [0.5, 0.6) is 0 Å². The molecule has 1 amide bonds. The number of nitrogens with one attached hydrogen (secondary N) is 1. The summed E-state index contributed by atoms with van der Waals surface area (Å²) >= 11 is 0. The lowest BCUT2D eigenvalue weighted by Crippen LogP contribution is -2.68. The van der Waals surface area contributed by atoms with E-state index in [-0.39, 0.29) is 29.4 Å². The van der Waals surface area contributed by atoms with Crippen molar-refractivity contribution in [3.63, 3.8) is 0 Å². The summed E-state index contributed by atoms with van der Waals surface area (Å²) in [5, 5.41) is 5.30. The Bertz CT molecular complexity index is 1010. The molecular formula is C29H41NO5Si. The summed E-state index contributed by atoms with van der Waals surface area (Å²) in [5.74, 6) is -0.767. The van der Waals surface area contributed by atoms with E-state index in [2.05, 4.69) is 74.6 Å². The highest BCUT2D eigenvalue weighted by Crippen LogP contribution is 2.44. The van der Waals surface area contributed by atoms with Crippen molar-refractivity contribution >= 4 is 24.8 Å². The number of carbonyl (C=O) groups is 1. The first-order chi connectivity index (χ1) is 16.7. The van der Waals surface area contributed by atoms with Crippen LogP contribution in [-0.2, 0) is 18.6 Å². The van der Waals surface area contributed by atoms with Crippen LogP contribution in [0.15, 0.2) is 60.7 Å². The van der Waals surface area contributed by atoms with E-state index >= 15 is 0 Å². The molecule has 36 heavy (non-hydrogen) atoms. The Morgan fingerprint density at radius 1 is 0.889 bits per heavy atom. The summed E-state index contributed by atoms with van der Waals surface area (Å²) in [6.07, 6.45) is -0.763. The molecule has 2 aromatic carbocycles. The zero-order chi connectivity index (χ0) is 26.4. The van der Waals surface area contributed by atoms with Crippen LogP contribution < -0.4 is 15.7 Å². The van der Waals surface area contributed by atoms with Gasteiger partial charge in [0.1, 0.15) is 17.8 Å². The number of benzene rings is 2. The quantitative estimate of drug-likeness (QED) is 0.587. The van der Waals surface area contributed by atoms with Crippen LogP contribution in [0, 0.1) is 0 Å². The highest BCUT2D eigenvalue weighted by Gasteiger charge is 2.59. The van der Waals surface area contributed by atoms with Gasteiger partial charge in [0.2, 0.25) is 0 Å². The van der Waals surface area contributed by atoms with Crippen molar-refractivity contribution < 1.29 is 23.4 Å². The van der Waals surface area contributed by atoms with Crippen LogP contribution in [-0.4, -0.2) is 50.2 Å². The molecule has 4 atom stereocenters. The average Bonchev–Trinajstić information content (AvgIpc) is 3.24. The number of fused-ring (bicyclic) bond motifs is 1. The Morgan fingerprint density at radius 2 is 1.39 bits per heavy atom. The standard InChI is InChI=1S/C29H41NO5Si/c1-27(2,3)34-26(31)30-22-19-23(25-24(22)32-29(7,8)33-25)35-36(28(4,5)6,20-15-11-9-12-16-20)21-17-13-10-14-18-21/h9-18,22-25H,19H2,1-8H3,(H,30,31)/t22-,23+,24+,25-/m0/s1. The highest BCUT2D eigenvalue weighted by molar-refractivity contribution is 6.99. The normalized spacial score (nSPS) is 25.9.